The molecule has 3 rings (SSSR count). The average Bonchev–Trinajstić information content (AvgIpc) is 2.74. The van der Waals surface area contributed by atoms with Crippen LogP contribution in [0.15, 0.2) is 24.3 Å². The van der Waals surface area contributed by atoms with Crippen LogP contribution < -0.4 is 10.6 Å². The second-order valence-corrected chi connectivity index (χ2v) is 7.91. The Bertz CT molecular complexity index is 695. The summed E-state index contributed by atoms with van der Waals surface area (Å²) in [5, 5.41) is 5.98. The van der Waals surface area contributed by atoms with E-state index in [2.05, 4.69) is 10.6 Å². The van der Waals surface area contributed by atoms with Gasteiger partial charge in [0, 0.05) is 36.8 Å². The SMILES string of the molecule is CCC(=O)Nc1ccc(C(=O)N2CCC[C@H](C(=O)NC3CCCCC3)C2)cc1. The van der Waals surface area contributed by atoms with Crippen molar-refractivity contribution >= 4 is 23.4 Å². The van der Waals surface area contributed by atoms with Crippen LogP contribution >= 0.6 is 0 Å². The zero-order valence-corrected chi connectivity index (χ0v) is 16.7. The number of benzene rings is 1. The summed E-state index contributed by atoms with van der Waals surface area (Å²) in [6, 6.07) is 7.27. The molecule has 28 heavy (non-hydrogen) atoms. The lowest BCUT2D eigenvalue weighted by Gasteiger charge is -2.33. The third-order valence-electron chi connectivity index (χ3n) is 5.77. The Morgan fingerprint density at radius 2 is 1.71 bits per heavy atom. The molecule has 0 unspecified atom stereocenters. The van der Waals surface area contributed by atoms with Crippen molar-refractivity contribution in [1.82, 2.24) is 10.2 Å². The molecule has 0 aromatic heterocycles. The van der Waals surface area contributed by atoms with Crippen LogP contribution in [0.4, 0.5) is 5.69 Å². The van der Waals surface area contributed by atoms with Crippen molar-refractivity contribution in [2.75, 3.05) is 18.4 Å². The third-order valence-corrected chi connectivity index (χ3v) is 5.77. The van der Waals surface area contributed by atoms with Gasteiger partial charge in [-0.15, -0.1) is 0 Å². The van der Waals surface area contributed by atoms with Gasteiger partial charge in [0.05, 0.1) is 5.92 Å². The number of hydrogen-bond donors (Lipinski definition) is 2. The molecule has 152 valence electrons. The molecular weight excluding hydrogens is 354 g/mol. The highest BCUT2D eigenvalue weighted by atomic mass is 16.2. The molecule has 1 heterocycles. The van der Waals surface area contributed by atoms with Crippen LogP contribution in [0.2, 0.25) is 0 Å². The lowest BCUT2D eigenvalue weighted by Crippen LogP contribution is -2.47. The maximum atomic E-state index is 12.9. The number of carbonyl (C=O) groups excluding carboxylic acids is 3. The molecule has 1 saturated heterocycles. The van der Waals surface area contributed by atoms with Gasteiger partial charge in [-0.05, 0) is 49.9 Å². The first-order chi connectivity index (χ1) is 13.6. The van der Waals surface area contributed by atoms with Crippen LogP contribution in [0.1, 0.15) is 68.6 Å². The summed E-state index contributed by atoms with van der Waals surface area (Å²) in [5.74, 6) is -0.129. The van der Waals surface area contributed by atoms with Crippen LogP contribution in [-0.4, -0.2) is 41.8 Å². The first kappa shape index (κ1) is 20.4. The van der Waals surface area contributed by atoms with Crippen LogP contribution in [0.3, 0.4) is 0 Å². The van der Waals surface area contributed by atoms with Crippen molar-refractivity contribution in [3.63, 3.8) is 0 Å². The fourth-order valence-corrected chi connectivity index (χ4v) is 4.07. The van der Waals surface area contributed by atoms with Crippen LogP contribution in [-0.2, 0) is 9.59 Å². The van der Waals surface area contributed by atoms with Crippen molar-refractivity contribution in [2.45, 2.75) is 64.3 Å². The summed E-state index contributed by atoms with van der Waals surface area (Å²) in [4.78, 5) is 38.8. The Hall–Kier alpha value is -2.37. The summed E-state index contributed by atoms with van der Waals surface area (Å²) < 4.78 is 0. The molecule has 6 nitrogen and oxygen atoms in total. The van der Waals surface area contributed by atoms with Gasteiger partial charge in [0.15, 0.2) is 0 Å². The highest BCUT2D eigenvalue weighted by Gasteiger charge is 2.30. The highest BCUT2D eigenvalue weighted by molar-refractivity contribution is 5.96. The topological polar surface area (TPSA) is 78.5 Å². The van der Waals surface area contributed by atoms with Gasteiger partial charge in [-0.3, -0.25) is 14.4 Å². The van der Waals surface area contributed by atoms with Crippen LogP contribution in [0.5, 0.6) is 0 Å². The molecular formula is C22H31N3O3. The Morgan fingerprint density at radius 1 is 1.00 bits per heavy atom. The molecule has 1 aromatic carbocycles. The van der Waals surface area contributed by atoms with Gasteiger partial charge in [0.2, 0.25) is 11.8 Å². The number of piperidine rings is 1. The second-order valence-electron chi connectivity index (χ2n) is 7.91. The maximum absolute atomic E-state index is 12.9. The molecule has 1 saturated carbocycles. The van der Waals surface area contributed by atoms with E-state index in [1.165, 1.54) is 19.3 Å². The summed E-state index contributed by atoms with van der Waals surface area (Å²) in [5.41, 5.74) is 1.27. The zero-order chi connectivity index (χ0) is 19.9. The van der Waals surface area contributed by atoms with Gasteiger partial charge in [0.1, 0.15) is 0 Å². The maximum Gasteiger partial charge on any atom is 0.253 e. The van der Waals surface area contributed by atoms with E-state index in [9.17, 15) is 14.4 Å². The first-order valence-corrected chi connectivity index (χ1v) is 10.6. The second kappa shape index (κ2) is 9.71. The largest absolute Gasteiger partial charge is 0.353 e. The third kappa shape index (κ3) is 5.33. The fourth-order valence-electron chi connectivity index (χ4n) is 4.07. The number of nitrogens with zero attached hydrogens (tertiary/aromatic N) is 1. The number of rotatable bonds is 5. The van der Waals surface area contributed by atoms with Crippen LogP contribution in [0, 0.1) is 5.92 Å². The molecule has 1 aromatic rings. The van der Waals surface area contributed by atoms with Gasteiger partial charge < -0.3 is 15.5 Å². The lowest BCUT2D eigenvalue weighted by molar-refractivity contribution is -0.127. The Kier molecular flexibility index (Phi) is 7.06. The number of hydrogen-bond acceptors (Lipinski definition) is 3. The highest BCUT2D eigenvalue weighted by Crippen LogP contribution is 2.22. The smallest absolute Gasteiger partial charge is 0.253 e. The zero-order valence-electron chi connectivity index (χ0n) is 16.7. The van der Waals surface area contributed by atoms with E-state index in [0.717, 1.165) is 25.7 Å². The van der Waals surface area contributed by atoms with Crippen molar-refractivity contribution < 1.29 is 14.4 Å². The Balaban J connectivity index is 1.56. The quantitative estimate of drug-likeness (QED) is 0.816. The molecule has 0 radical (unpaired) electrons. The number of nitrogens with one attached hydrogen (secondary N) is 2. The first-order valence-electron chi connectivity index (χ1n) is 10.6. The van der Waals surface area contributed by atoms with Crippen molar-refractivity contribution in [3.8, 4) is 0 Å². The summed E-state index contributed by atoms with van der Waals surface area (Å²) in [6.45, 7) is 2.95. The minimum atomic E-state index is -0.122. The predicted molar refractivity (Wildman–Crippen MR) is 109 cm³/mol. The van der Waals surface area contributed by atoms with E-state index < -0.39 is 0 Å². The molecule has 6 heteroatoms. The lowest BCUT2D eigenvalue weighted by atomic mass is 9.92. The van der Waals surface area contributed by atoms with Crippen molar-refractivity contribution in [2.24, 2.45) is 5.92 Å². The van der Waals surface area contributed by atoms with Crippen molar-refractivity contribution in [3.05, 3.63) is 29.8 Å². The summed E-state index contributed by atoms with van der Waals surface area (Å²) >= 11 is 0. The van der Waals surface area contributed by atoms with E-state index in [-0.39, 0.29) is 23.6 Å². The fraction of sp³-hybridized carbons (Fsp3) is 0.591. The van der Waals surface area contributed by atoms with Gasteiger partial charge >= 0.3 is 0 Å². The van der Waals surface area contributed by atoms with E-state index >= 15 is 0 Å². The minimum absolute atomic E-state index is 0.0523. The molecule has 1 atom stereocenters. The molecule has 0 spiro atoms. The van der Waals surface area contributed by atoms with E-state index in [1.54, 1.807) is 36.1 Å². The minimum Gasteiger partial charge on any atom is -0.353 e. The predicted octanol–water partition coefficient (Wildman–Crippen LogP) is 3.34. The number of carbonyl (C=O) groups is 3. The standard InChI is InChI=1S/C22H31N3O3/c1-2-20(26)23-19-12-10-16(11-13-19)22(28)25-14-6-7-17(15-25)21(27)24-18-8-4-3-5-9-18/h10-13,17-18H,2-9,14-15H2,1H3,(H,23,26)(H,24,27)/t17-/m0/s1. The van der Waals surface area contributed by atoms with Gasteiger partial charge in [-0.1, -0.05) is 26.2 Å². The molecule has 3 amide bonds. The summed E-state index contributed by atoms with van der Waals surface area (Å²) in [6.07, 6.45) is 7.88. The Morgan fingerprint density at radius 3 is 2.39 bits per heavy atom. The van der Waals surface area contributed by atoms with Crippen molar-refractivity contribution in [1.29, 1.82) is 0 Å². The van der Waals surface area contributed by atoms with E-state index in [0.29, 0.717) is 36.8 Å². The van der Waals surface area contributed by atoms with E-state index in [4.69, 9.17) is 0 Å². The molecule has 1 aliphatic carbocycles. The van der Waals surface area contributed by atoms with Gasteiger partial charge in [-0.2, -0.15) is 0 Å². The number of amides is 3. The summed E-state index contributed by atoms with van der Waals surface area (Å²) in [7, 11) is 0. The number of likely N-dealkylation sites (tertiary alicyclic amines) is 1. The molecule has 2 N–H and O–H groups in total. The normalized spacial score (nSPS) is 20.5. The van der Waals surface area contributed by atoms with E-state index in [1.807, 2.05) is 0 Å². The van der Waals surface area contributed by atoms with Gasteiger partial charge in [-0.25, -0.2) is 0 Å². The van der Waals surface area contributed by atoms with Gasteiger partial charge in [0.25, 0.3) is 5.91 Å². The molecule has 2 fully saturated rings. The molecule has 2 aliphatic rings. The van der Waals surface area contributed by atoms with Crippen LogP contribution in [0.25, 0.3) is 0 Å². The Labute approximate surface area is 167 Å². The average molecular weight is 386 g/mol. The monoisotopic (exact) mass is 385 g/mol. The molecule has 0 bridgehead atoms. The molecule has 1 aliphatic heterocycles. The number of anilines is 1.